The average molecular weight is 477 g/mol. The number of aromatic nitrogens is 1. The fourth-order valence-corrected chi connectivity index (χ4v) is 4.98. The maximum absolute atomic E-state index is 13.6. The standard InChI is InChI=1S/C28H29ClN2O3/c1-18-6-7-19(8-13-26(32)33)14-25(18)31-28(34)27(21-4-2-3-5-21)22-11-9-20(10-12-22)23-15-24(29)17-30-16-23/h6-7,9-12,14-17,21,27H,2-5,8,13H2,1H3,(H,31,34)(H,32,33). The summed E-state index contributed by atoms with van der Waals surface area (Å²) in [4.78, 5) is 28.7. The number of halogens is 1. The van der Waals surface area contributed by atoms with Gasteiger partial charge in [0, 0.05) is 30.1 Å². The van der Waals surface area contributed by atoms with Gasteiger partial charge in [0.15, 0.2) is 0 Å². The second-order valence-corrected chi connectivity index (χ2v) is 9.50. The maximum atomic E-state index is 13.6. The summed E-state index contributed by atoms with van der Waals surface area (Å²) >= 11 is 6.10. The smallest absolute Gasteiger partial charge is 0.303 e. The second-order valence-electron chi connectivity index (χ2n) is 9.07. The van der Waals surface area contributed by atoms with Crippen molar-refractivity contribution in [2.24, 2.45) is 5.92 Å². The van der Waals surface area contributed by atoms with Gasteiger partial charge in [-0.15, -0.1) is 0 Å². The van der Waals surface area contributed by atoms with E-state index in [9.17, 15) is 9.59 Å². The van der Waals surface area contributed by atoms with Crippen molar-refractivity contribution in [3.8, 4) is 11.1 Å². The molecule has 6 heteroatoms. The highest BCUT2D eigenvalue weighted by Crippen LogP contribution is 2.39. The molecule has 1 saturated carbocycles. The number of anilines is 1. The van der Waals surface area contributed by atoms with Crippen LogP contribution < -0.4 is 5.32 Å². The zero-order valence-corrected chi connectivity index (χ0v) is 20.0. The molecule has 3 aromatic rings. The predicted octanol–water partition coefficient (Wildman–Crippen LogP) is 6.64. The molecule has 5 nitrogen and oxygen atoms in total. The number of aliphatic carboxylic acids is 1. The third-order valence-corrected chi connectivity index (χ3v) is 6.86. The number of nitrogens with one attached hydrogen (secondary N) is 1. The molecule has 1 aliphatic rings. The van der Waals surface area contributed by atoms with E-state index in [1.807, 2.05) is 55.5 Å². The molecule has 4 rings (SSSR count). The first-order valence-corrected chi connectivity index (χ1v) is 12.1. The van der Waals surface area contributed by atoms with E-state index in [-0.39, 0.29) is 18.2 Å². The van der Waals surface area contributed by atoms with Crippen molar-refractivity contribution in [1.29, 1.82) is 0 Å². The Morgan fingerprint density at radius 1 is 1.06 bits per heavy atom. The number of aryl methyl sites for hydroxylation is 2. The molecule has 1 aromatic heterocycles. The Labute approximate surface area is 205 Å². The first kappa shape index (κ1) is 24.0. The summed E-state index contributed by atoms with van der Waals surface area (Å²) in [7, 11) is 0. The number of pyridine rings is 1. The highest BCUT2D eigenvalue weighted by Gasteiger charge is 2.32. The number of carbonyl (C=O) groups is 2. The van der Waals surface area contributed by atoms with Crippen LogP contribution in [0.4, 0.5) is 5.69 Å². The van der Waals surface area contributed by atoms with Gasteiger partial charge < -0.3 is 10.4 Å². The average Bonchev–Trinajstić information content (AvgIpc) is 3.34. The molecule has 0 radical (unpaired) electrons. The molecule has 1 amide bonds. The lowest BCUT2D eigenvalue weighted by Crippen LogP contribution is -2.27. The predicted molar refractivity (Wildman–Crippen MR) is 135 cm³/mol. The van der Waals surface area contributed by atoms with E-state index in [1.165, 1.54) is 0 Å². The Morgan fingerprint density at radius 2 is 1.79 bits per heavy atom. The molecule has 176 valence electrons. The number of nitrogens with zero attached hydrogens (tertiary/aromatic N) is 1. The largest absolute Gasteiger partial charge is 0.481 e. The number of carboxylic acid groups (broad SMARTS) is 1. The molecule has 1 fully saturated rings. The van der Waals surface area contributed by atoms with E-state index in [1.54, 1.807) is 12.4 Å². The Bertz CT molecular complexity index is 1170. The van der Waals surface area contributed by atoms with E-state index in [0.717, 1.165) is 59.2 Å². The normalized spacial score (nSPS) is 14.6. The van der Waals surface area contributed by atoms with Crippen LogP contribution in [-0.2, 0) is 16.0 Å². The molecule has 0 spiro atoms. The van der Waals surface area contributed by atoms with Crippen LogP contribution in [0.5, 0.6) is 0 Å². The molecular weight excluding hydrogens is 448 g/mol. The van der Waals surface area contributed by atoms with Gasteiger partial charge in [-0.1, -0.05) is 60.8 Å². The van der Waals surface area contributed by atoms with Gasteiger partial charge in [0.25, 0.3) is 0 Å². The van der Waals surface area contributed by atoms with Gasteiger partial charge in [0.05, 0.1) is 10.9 Å². The van der Waals surface area contributed by atoms with E-state index >= 15 is 0 Å². The number of benzene rings is 2. The monoisotopic (exact) mass is 476 g/mol. The van der Waals surface area contributed by atoms with Crippen molar-refractivity contribution >= 4 is 29.2 Å². The summed E-state index contributed by atoms with van der Waals surface area (Å²) in [5, 5.41) is 12.7. The summed E-state index contributed by atoms with van der Waals surface area (Å²) in [6, 6.07) is 15.8. The Balaban J connectivity index is 1.58. The minimum atomic E-state index is -0.829. The summed E-state index contributed by atoms with van der Waals surface area (Å²) < 4.78 is 0. The van der Waals surface area contributed by atoms with Gasteiger partial charge >= 0.3 is 5.97 Å². The van der Waals surface area contributed by atoms with E-state index in [0.29, 0.717) is 17.4 Å². The van der Waals surface area contributed by atoms with Gasteiger partial charge in [-0.2, -0.15) is 0 Å². The molecule has 1 heterocycles. The van der Waals surface area contributed by atoms with Gasteiger partial charge in [0.2, 0.25) is 5.91 Å². The lowest BCUT2D eigenvalue weighted by Gasteiger charge is -2.24. The molecule has 34 heavy (non-hydrogen) atoms. The molecule has 0 aliphatic heterocycles. The van der Waals surface area contributed by atoms with Crippen molar-refractivity contribution in [3.63, 3.8) is 0 Å². The molecule has 1 atom stereocenters. The first-order valence-electron chi connectivity index (χ1n) is 11.7. The van der Waals surface area contributed by atoms with Gasteiger partial charge in [-0.05, 0) is 66.5 Å². The van der Waals surface area contributed by atoms with Crippen molar-refractivity contribution < 1.29 is 14.7 Å². The molecule has 1 aliphatic carbocycles. The summed E-state index contributed by atoms with van der Waals surface area (Å²) in [6.45, 7) is 1.95. The van der Waals surface area contributed by atoms with Crippen molar-refractivity contribution in [2.75, 3.05) is 5.32 Å². The number of rotatable bonds is 8. The van der Waals surface area contributed by atoms with Crippen molar-refractivity contribution in [2.45, 2.75) is 51.4 Å². The number of carbonyl (C=O) groups excluding carboxylic acids is 1. The topological polar surface area (TPSA) is 79.3 Å². The minimum absolute atomic E-state index is 0.0115. The lowest BCUT2D eigenvalue weighted by atomic mass is 9.83. The fourth-order valence-electron chi connectivity index (χ4n) is 4.80. The number of amides is 1. The van der Waals surface area contributed by atoms with E-state index in [4.69, 9.17) is 16.7 Å². The fraction of sp³-hybridized carbons (Fsp3) is 0.321. The molecular formula is C28H29ClN2O3. The molecule has 1 unspecified atom stereocenters. The second kappa shape index (κ2) is 10.8. The van der Waals surface area contributed by atoms with Crippen molar-refractivity contribution in [3.05, 3.63) is 82.6 Å². The highest BCUT2D eigenvalue weighted by atomic mass is 35.5. The van der Waals surface area contributed by atoms with Gasteiger partial charge in [-0.3, -0.25) is 14.6 Å². The van der Waals surface area contributed by atoms with E-state index in [2.05, 4.69) is 10.3 Å². The zero-order chi connectivity index (χ0) is 24.1. The Hall–Kier alpha value is -3.18. The van der Waals surface area contributed by atoms with Gasteiger partial charge in [-0.25, -0.2) is 0 Å². The van der Waals surface area contributed by atoms with Crippen LogP contribution in [0.3, 0.4) is 0 Å². The number of hydrogen-bond acceptors (Lipinski definition) is 3. The first-order chi connectivity index (χ1) is 16.4. The Kier molecular flexibility index (Phi) is 7.63. The van der Waals surface area contributed by atoms with Crippen LogP contribution in [0, 0.1) is 12.8 Å². The van der Waals surface area contributed by atoms with Crippen LogP contribution in [0.15, 0.2) is 60.9 Å². The Morgan fingerprint density at radius 3 is 2.47 bits per heavy atom. The quantitative estimate of drug-likeness (QED) is 0.382. The number of hydrogen-bond donors (Lipinski definition) is 2. The van der Waals surface area contributed by atoms with E-state index < -0.39 is 5.97 Å². The summed E-state index contributed by atoms with van der Waals surface area (Å²) in [5.41, 5.74) is 5.56. The van der Waals surface area contributed by atoms with Crippen LogP contribution in [0.2, 0.25) is 5.02 Å². The summed E-state index contributed by atoms with van der Waals surface area (Å²) in [5.74, 6) is -0.780. The lowest BCUT2D eigenvalue weighted by molar-refractivity contribution is -0.137. The molecule has 0 bridgehead atoms. The summed E-state index contributed by atoms with van der Waals surface area (Å²) in [6.07, 6.45) is 8.25. The SMILES string of the molecule is Cc1ccc(CCC(=O)O)cc1NC(=O)C(c1ccc(-c2cncc(Cl)c2)cc1)C1CCCC1. The van der Waals surface area contributed by atoms with Crippen LogP contribution >= 0.6 is 11.6 Å². The molecule has 2 N–H and O–H groups in total. The van der Waals surface area contributed by atoms with Crippen LogP contribution in [0.1, 0.15) is 54.7 Å². The number of carboxylic acids is 1. The third-order valence-electron chi connectivity index (χ3n) is 6.65. The van der Waals surface area contributed by atoms with Gasteiger partial charge in [0.1, 0.15) is 0 Å². The minimum Gasteiger partial charge on any atom is -0.481 e. The third kappa shape index (κ3) is 5.84. The highest BCUT2D eigenvalue weighted by molar-refractivity contribution is 6.30. The maximum Gasteiger partial charge on any atom is 0.303 e. The van der Waals surface area contributed by atoms with Crippen molar-refractivity contribution in [1.82, 2.24) is 4.98 Å². The molecule has 0 saturated heterocycles. The molecule has 2 aromatic carbocycles. The van der Waals surface area contributed by atoms with Crippen LogP contribution in [-0.4, -0.2) is 22.0 Å². The zero-order valence-electron chi connectivity index (χ0n) is 19.3. The van der Waals surface area contributed by atoms with Crippen LogP contribution in [0.25, 0.3) is 11.1 Å².